The van der Waals surface area contributed by atoms with E-state index >= 15 is 0 Å². The molecular formula is C20H20N2O3. The van der Waals surface area contributed by atoms with Crippen LogP contribution in [0.2, 0.25) is 0 Å². The lowest BCUT2D eigenvalue weighted by Crippen LogP contribution is -2.36. The Hall–Kier alpha value is -2.82. The SMILES string of the molecule is O=C(C=Cc1ccoc1)Nc1ccc2c(c1)CN(C(=O)C1CC1)CC2. The Morgan fingerprint density at radius 1 is 1.20 bits per heavy atom. The Kier molecular flexibility index (Phi) is 4.14. The van der Waals surface area contributed by atoms with Crippen LogP contribution in [0.4, 0.5) is 5.69 Å². The van der Waals surface area contributed by atoms with E-state index in [0.717, 1.165) is 42.6 Å². The molecule has 2 heterocycles. The van der Waals surface area contributed by atoms with E-state index < -0.39 is 0 Å². The van der Waals surface area contributed by atoms with Gasteiger partial charge in [-0.05, 0) is 54.7 Å². The Balaban J connectivity index is 1.42. The number of benzene rings is 1. The third kappa shape index (κ3) is 3.65. The summed E-state index contributed by atoms with van der Waals surface area (Å²) < 4.78 is 4.96. The molecule has 5 nitrogen and oxygen atoms in total. The highest BCUT2D eigenvalue weighted by Crippen LogP contribution is 2.33. The third-order valence-electron chi connectivity index (χ3n) is 4.69. The zero-order valence-electron chi connectivity index (χ0n) is 13.9. The van der Waals surface area contributed by atoms with Crippen molar-refractivity contribution < 1.29 is 14.0 Å². The van der Waals surface area contributed by atoms with Gasteiger partial charge in [0.05, 0.1) is 12.5 Å². The number of anilines is 1. The minimum Gasteiger partial charge on any atom is -0.472 e. The van der Waals surface area contributed by atoms with Gasteiger partial charge in [-0.15, -0.1) is 0 Å². The van der Waals surface area contributed by atoms with Crippen molar-refractivity contribution in [1.82, 2.24) is 4.90 Å². The van der Waals surface area contributed by atoms with Gasteiger partial charge in [0.2, 0.25) is 11.8 Å². The first kappa shape index (κ1) is 15.7. The molecule has 0 bridgehead atoms. The molecule has 1 saturated carbocycles. The number of hydrogen-bond acceptors (Lipinski definition) is 3. The lowest BCUT2D eigenvalue weighted by molar-refractivity contribution is -0.133. The molecule has 1 fully saturated rings. The monoisotopic (exact) mass is 336 g/mol. The fourth-order valence-corrected chi connectivity index (χ4v) is 3.14. The van der Waals surface area contributed by atoms with E-state index in [1.807, 2.05) is 23.1 Å². The number of nitrogens with one attached hydrogen (secondary N) is 1. The number of carbonyl (C=O) groups is 2. The molecule has 2 aromatic rings. The van der Waals surface area contributed by atoms with Crippen LogP contribution >= 0.6 is 0 Å². The highest BCUT2D eigenvalue weighted by Gasteiger charge is 2.34. The number of rotatable bonds is 4. The Morgan fingerprint density at radius 3 is 2.84 bits per heavy atom. The van der Waals surface area contributed by atoms with Crippen LogP contribution in [0, 0.1) is 5.92 Å². The van der Waals surface area contributed by atoms with Crippen molar-refractivity contribution in [3.8, 4) is 0 Å². The molecule has 1 aliphatic carbocycles. The number of fused-ring (bicyclic) bond motifs is 1. The summed E-state index contributed by atoms with van der Waals surface area (Å²) in [6.45, 7) is 1.43. The molecule has 25 heavy (non-hydrogen) atoms. The van der Waals surface area contributed by atoms with Crippen molar-refractivity contribution in [2.75, 3.05) is 11.9 Å². The fraction of sp³-hybridized carbons (Fsp3) is 0.300. The number of nitrogens with zero attached hydrogens (tertiary/aromatic N) is 1. The average Bonchev–Trinajstić information content (AvgIpc) is 3.34. The Labute approximate surface area is 146 Å². The first-order valence-corrected chi connectivity index (χ1v) is 8.61. The van der Waals surface area contributed by atoms with Crippen molar-refractivity contribution in [2.45, 2.75) is 25.8 Å². The Bertz CT molecular complexity index is 819. The van der Waals surface area contributed by atoms with E-state index in [0.29, 0.717) is 6.54 Å². The quantitative estimate of drug-likeness (QED) is 0.872. The topological polar surface area (TPSA) is 62.6 Å². The predicted molar refractivity (Wildman–Crippen MR) is 94.7 cm³/mol. The van der Waals surface area contributed by atoms with Crippen molar-refractivity contribution in [2.24, 2.45) is 5.92 Å². The summed E-state index contributed by atoms with van der Waals surface area (Å²) in [4.78, 5) is 26.3. The average molecular weight is 336 g/mol. The normalized spacial score (nSPS) is 16.7. The summed E-state index contributed by atoms with van der Waals surface area (Å²) >= 11 is 0. The molecule has 0 radical (unpaired) electrons. The van der Waals surface area contributed by atoms with Crippen LogP contribution in [0.15, 0.2) is 47.3 Å². The summed E-state index contributed by atoms with van der Waals surface area (Å²) in [7, 11) is 0. The van der Waals surface area contributed by atoms with Crippen LogP contribution in [0.25, 0.3) is 6.08 Å². The van der Waals surface area contributed by atoms with Gasteiger partial charge >= 0.3 is 0 Å². The lowest BCUT2D eigenvalue weighted by Gasteiger charge is -2.29. The minimum absolute atomic E-state index is 0.192. The van der Waals surface area contributed by atoms with Crippen molar-refractivity contribution >= 4 is 23.6 Å². The van der Waals surface area contributed by atoms with Gasteiger partial charge in [0, 0.05) is 36.3 Å². The smallest absolute Gasteiger partial charge is 0.248 e. The van der Waals surface area contributed by atoms with Gasteiger partial charge in [-0.2, -0.15) is 0 Å². The summed E-state index contributed by atoms with van der Waals surface area (Å²) in [5, 5.41) is 2.87. The van der Waals surface area contributed by atoms with E-state index in [-0.39, 0.29) is 17.7 Å². The highest BCUT2D eigenvalue weighted by atomic mass is 16.3. The second kappa shape index (κ2) is 6.59. The van der Waals surface area contributed by atoms with Crippen LogP contribution < -0.4 is 5.32 Å². The first-order chi connectivity index (χ1) is 12.2. The van der Waals surface area contributed by atoms with Gasteiger partial charge < -0.3 is 14.6 Å². The van der Waals surface area contributed by atoms with Crippen LogP contribution in [0.3, 0.4) is 0 Å². The standard InChI is InChI=1S/C20H20N2O3/c23-19(6-1-14-8-10-25-13-14)21-18-5-4-15-7-9-22(12-17(15)11-18)20(24)16-2-3-16/h1,4-6,8,10-11,13,16H,2-3,7,9,12H2,(H,21,23). The fourth-order valence-electron chi connectivity index (χ4n) is 3.14. The zero-order chi connectivity index (χ0) is 17.2. The molecule has 4 rings (SSSR count). The van der Waals surface area contributed by atoms with Gasteiger partial charge in [0.25, 0.3) is 0 Å². The number of carbonyl (C=O) groups excluding carboxylic acids is 2. The summed E-state index contributed by atoms with van der Waals surface area (Å²) in [6, 6.07) is 7.73. The summed E-state index contributed by atoms with van der Waals surface area (Å²) in [5.41, 5.74) is 3.97. The van der Waals surface area contributed by atoms with Gasteiger partial charge in [0.15, 0.2) is 0 Å². The lowest BCUT2D eigenvalue weighted by atomic mass is 9.98. The number of furan rings is 1. The van der Waals surface area contributed by atoms with Crippen LogP contribution in [-0.4, -0.2) is 23.3 Å². The van der Waals surface area contributed by atoms with Crippen LogP contribution in [0.5, 0.6) is 0 Å². The van der Waals surface area contributed by atoms with E-state index in [9.17, 15) is 9.59 Å². The Morgan fingerprint density at radius 2 is 2.08 bits per heavy atom. The molecule has 2 aliphatic rings. The highest BCUT2D eigenvalue weighted by molar-refractivity contribution is 6.02. The molecule has 0 spiro atoms. The number of hydrogen-bond donors (Lipinski definition) is 1. The van der Waals surface area contributed by atoms with Crippen molar-refractivity contribution in [3.05, 3.63) is 59.6 Å². The second-order valence-corrected chi connectivity index (χ2v) is 6.65. The summed E-state index contributed by atoms with van der Waals surface area (Å²) in [5.74, 6) is 0.337. The van der Waals surface area contributed by atoms with E-state index in [1.165, 1.54) is 11.6 Å². The molecule has 5 heteroatoms. The molecule has 2 amide bonds. The number of amides is 2. The molecule has 128 valence electrons. The molecule has 1 N–H and O–H groups in total. The molecular weight excluding hydrogens is 316 g/mol. The van der Waals surface area contributed by atoms with Crippen LogP contribution in [0.1, 0.15) is 29.5 Å². The maximum absolute atomic E-state index is 12.3. The summed E-state index contributed by atoms with van der Waals surface area (Å²) in [6.07, 6.45) is 9.26. The molecule has 0 unspecified atom stereocenters. The third-order valence-corrected chi connectivity index (χ3v) is 4.69. The van der Waals surface area contributed by atoms with Gasteiger partial charge in [-0.3, -0.25) is 9.59 Å². The molecule has 0 saturated heterocycles. The second-order valence-electron chi connectivity index (χ2n) is 6.65. The predicted octanol–water partition coefficient (Wildman–Crippen LogP) is 3.23. The van der Waals surface area contributed by atoms with E-state index in [1.54, 1.807) is 24.7 Å². The molecule has 0 atom stereocenters. The maximum Gasteiger partial charge on any atom is 0.248 e. The van der Waals surface area contributed by atoms with Gasteiger partial charge in [-0.1, -0.05) is 6.07 Å². The van der Waals surface area contributed by atoms with Crippen molar-refractivity contribution in [3.63, 3.8) is 0 Å². The minimum atomic E-state index is -0.192. The first-order valence-electron chi connectivity index (χ1n) is 8.61. The largest absolute Gasteiger partial charge is 0.472 e. The molecule has 1 aliphatic heterocycles. The van der Waals surface area contributed by atoms with E-state index in [4.69, 9.17) is 4.42 Å². The van der Waals surface area contributed by atoms with Gasteiger partial charge in [0.1, 0.15) is 0 Å². The molecule has 1 aromatic carbocycles. The zero-order valence-corrected chi connectivity index (χ0v) is 13.9. The van der Waals surface area contributed by atoms with E-state index in [2.05, 4.69) is 5.32 Å². The molecule has 1 aromatic heterocycles. The van der Waals surface area contributed by atoms with Crippen LogP contribution in [-0.2, 0) is 22.6 Å². The van der Waals surface area contributed by atoms with Crippen molar-refractivity contribution in [1.29, 1.82) is 0 Å². The maximum atomic E-state index is 12.3. The van der Waals surface area contributed by atoms with Gasteiger partial charge in [-0.25, -0.2) is 0 Å².